The van der Waals surface area contributed by atoms with Crippen LogP contribution in [-0.2, 0) is 5.75 Å². The fraction of sp³-hybridized carbons (Fsp3) is 0.0769. The van der Waals surface area contributed by atoms with E-state index in [1.807, 2.05) is 0 Å². The molecule has 3 rings (SSSR count). The average molecular weight is 290 g/mol. The molecule has 0 amide bonds. The summed E-state index contributed by atoms with van der Waals surface area (Å²) in [6.45, 7) is 0. The van der Waals surface area contributed by atoms with Gasteiger partial charge in [0.15, 0.2) is 8.29 Å². The minimum atomic E-state index is 0.732. The van der Waals surface area contributed by atoms with Crippen LogP contribution < -0.4 is 0 Å². The topological polar surface area (TPSA) is 28.7 Å². The zero-order valence-corrected chi connectivity index (χ0v) is 11.9. The zero-order valence-electron chi connectivity index (χ0n) is 9.42. The smallest absolute Gasteiger partial charge is 0.177 e. The number of nitrogens with zero attached hydrogens (tertiary/aromatic N) is 1. The minimum absolute atomic E-state index is 0.732. The molecule has 2 nitrogen and oxygen atoms in total. The Kier molecular flexibility index (Phi) is 3.45. The van der Waals surface area contributed by atoms with Crippen LogP contribution in [0.4, 0.5) is 0 Å². The quantitative estimate of drug-likeness (QED) is 0.562. The van der Waals surface area contributed by atoms with Crippen LogP contribution in [0, 0.1) is 3.95 Å². The van der Waals surface area contributed by atoms with Crippen molar-refractivity contribution in [1.82, 2.24) is 10.2 Å². The second-order valence-electron chi connectivity index (χ2n) is 3.85. The first-order chi connectivity index (χ1) is 8.81. The van der Waals surface area contributed by atoms with E-state index < -0.39 is 0 Å². The molecule has 90 valence electrons. The van der Waals surface area contributed by atoms with Gasteiger partial charge in [-0.2, -0.15) is 5.10 Å². The van der Waals surface area contributed by atoms with Gasteiger partial charge in [-0.25, -0.2) is 0 Å². The summed E-state index contributed by atoms with van der Waals surface area (Å²) in [5.41, 5.74) is 1.31. The lowest BCUT2D eigenvalue weighted by Gasteiger charge is -2.02. The molecular weight excluding hydrogens is 280 g/mol. The van der Waals surface area contributed by atoms with Crippen LogP contribution in [0.5, 0.6) is 0 Å². The van der Waals surface area contributed by atoms with Gasteiger partial charge in [0.2, 0.25) is 0 Å². The van der Waals surface area contributed by atoms with Crippen LogP contribution >= 0.6 is 35.3 Å². The van der Waals surface area contributed by atoms with Crippen molar-refractivity contribution in [3.8, 4) is 0 Å². The van der Waals surface area contributed by atoms with Crippen molar-refractivity contribution in [1.29, 1.82) is 0 Å². The Bertz CT molecular complexity index is 730. The lowest BCUT2D eigenvalue weighted by Crippen LogP contribution is -1.81. The van der Waals surface area contributed by atoms with Crippen LogP contribution in [0.15, 0.2) is 46.8 Å². The lowest BCUT2D eigenvalue weighted by atomic mass is 10.1. The van der Waals surface area contributed by atoms with Crippen LogP contribution in [0.25, 0.3) is 10.8 Å². The van der Waals surface area contributed by atoms with Crippen molar-refractivity contribution in [3.63, 3.8) is 0 Å². The summed E-state index contributed by atoms with van der Waals surface area (Å²) < 4.78 is 1.73. The van der Waals surface area contributed by atoms with Crippen LogP contribution in [-0.4, -0.2) is 10.2 Å². The first-order valence-electron chi connectivity index (χ1n) is 5.47. The van der Waals surface area contributed by atoms with E-state index >= 15 is 0 Å². The van der Waals surface area contributed by atoms with E-state index in [-0.39, 0.29) is 0 Å². The van der Waals surface area contributed by atoms with E-state index in [1.54, 1.807) is 11.8 Å². The second kappa shape index (κ2) is 5.22. The molecule has 0 radical (unpaired) electrons. The standard InChI is InChI=1S/C13H10N2S3/c16-12-14-15-13(18-12)17-8-9-5-6-10-3-1-2-4-11(10)7-9/h1-7H,8H2,(H,14,16). The van der Waals surface area contributed by atoms with Gasteiger partial charge in [-0.3, -0.25) is 5.10 Å². The predicted molar refractivity (Wildman–Crippen MR) is 80.8 cm³/mol. The van der Waals surface area contributed by atoms with Gasteiger partial charge in [0, 0.05) is 5.75 Å². The third-order valence-corrected chi connectivity index (χ3v) is 4.90. The molecule has 0 aliphatic carbocycles. The van der Waals surface area contributed by atoms with Gasteiger partial charge in [-0.1, -0.05) is 65.6 Å². The lowest BCUT2D eigenvalue weighted by molar-refractivity contribution is 1.00. The summed E-state index contributed by atoms with van der Waals surface area (Å²) in [5, 5.41) is 9.50. The Morgan fingerprint density at radius 3 is 2.78 bits per heavy atom. The first kappa shape index (κ1) is 11.9. The van der Waals surface area contributed by atoms with Crippen molar-refractivity contribution in [2.24, 2.45) is 0 Å². The number of hydrogen-bond donors (Lipinski definition) is 1. The van der Waals surface area contributed by atoms with Gasteiger partial charge in [0.25, 0.3) is 0 Å². The summed E-state index contributed by atoms with van der Waals surface area (Å²) >= 11 is 8.25. The molecule has 5 heteroatoms. The molecule has 0 unspecified atom stereocenters. The molecular formula is C13H10N2S3. The number of H-pyrrole nitrogens is 1. The molecule has 0 saturated carbocycles. The van der Waals surface area contributed by atoms with Gasteiger partial charge in [0.05, 0.1) is 0 Å². The van der Waals surface area contributed by atoms with Crippen LogP contribution in [0.3, 0.4) is 0 Å². The second-order valence-corrected chi connectivity index (χ2v) is 6.74. The number of thioether (sulfide) groups is 1. The van der Waals surface area contributed by atoms with Gasteiger partial charge < -0.3 is 0 Å². The molecule has 0 atom stereocenters. The van der Waals surface area contributed by atoms with Crippen molar-refractivity contribution in [2.45, 2.75) is 10.1 Å². The van der Waals surface area contributed by atoms with E-state index in [9.17, 15) is 0 Å². The molecule has 18 heavy (non-hydrogen) atoms. The average Bonchev–Trinajstić information content (AvgIpc) is 2.82. The van der Waals surface area contributed by atoms with Crippen LogP contribution in [0.1, 0.15) is 5.56 Å². The molecule has 0 saturated heterocycles. The predicted octanol–water partition coefficient (Wildman–Crippen LogP) is 4.65. The van der Waals surface area contributed by atoms with Gasteiger partial charge >= 0.3 is 0 Å². The number of fused-ring (bicyclic) bond motifs is 1. The van der Waals surface area contributed by atoms with Crippen molar-refractivity contribution in [2.75, 3.05) is 0 Å². The zero-order chi connectivity index (χ0) is 12.4. The summed E-state index contributed by atoms with van der Waals surface area (Å²) in [4.78, 5) is 0. The summed E-state index contributed by atoms with van der Waals surface area (Å²) in [6.07, 6.45) is 0. The molecule has 0 aliphatic rings. The van der Waals surface area contributed by atoms with Crippen molar-refractivity contribution < 1.29 is 0 Å². The maximum absolute atomic E-state index is 5.01. The number of rotatable bonds is 3. The summed E-state index contributed by atoms with van der Waals surface area (Å²) in [6, 6.07) is 15.0. The molecule has 1 aromatic heterocycles. The van der Waals surface area contributed by atoms with E-state index in [1.165, 1.54) is 27.7 Å². The third kappa shape index (κ3) is 2.63. The summed E-state index contributed by atoms with van der Waals surface area (Å²) in [5.74, 6) is 0.918. The fourth-order valence-electron chi connectivity index (χ4n) is 1.75. The Morgan fingerprint density at radius 2 is 2.00 bits per heavy atom. The summed E-state index contributed by atoms with van der Waals surface area (Å²) in [7, 11) is 0. The monoisotopic (exact) mass is 290 g/mol. The highest BCUT2D eigenvalue weighted by Gasteiger charge is 2.01. The third-order valence-electron chi connectivity index (χ3n) is 2.59. The highest BCUT2D eigenvalue weighted by molar-refractivity contribution is 8.00. The van der Waals surface area contributed by atoms with E-state index in [0.717, 1.165) is 14.0 Å². The van der Waals surface area contributed by atoms with E-state index in [4.69, 9.17) is 12.2 Å². The molecule has 1 N–H and O–H groups in total. The first-order valence-corrected chi connectivity index (χ1v) is 7.68. The maximum Gasteiger partial charge on any atom is 0.177 e. The highest BCUT2D eigenvalue weighted by atomic mass is 32.2. The molecule has 0 aliphatic heterocycles. The molecule has 0 fully saturated rings. The number of benzene rings is 2. The van der Waals surface area contributed by atoms with Crippen molar-refractivity contribution in [3.05, 3.63) is 52.0 Å². The van der Waals surface area contributed by atoms with Gasteiger partial charge in [-0.05, 0) is 28.6 Å². The largest absolute Gasteiger partial charge is 0.257 e. The highest BCUT2D eigenvalue weighted by Crippen LogP contribution is 2.26. The number of aromatic nitrogens is 2. The normalized spacial score (nSPS) is 10.9. The fourth-order valence-corrected chi connectivity index (χ4v) is 3.78. The van der Waals surface area contributed by atoms with Gasteiger partial charge in [0.1, 0.15) is 0 Å². The Balaban J connectivity index is 1.80. The van der Waals surface area contributed by atoms with E-state index in [0.29, 0.717) is 0 Å². The SMILES string of the molecule is S=c1[nH]nc(SCc2ccc3ccccc3c2)s1. The molecule has 3 aromatic rings. The Labute approximate surface area is 118 Å². The minimum Gasteiger partial charge on any atom is -0.257 e. The molecule has 0 bridgehead atoms. The molecule has 1 heterocycles. The number of hydrogen-bond acceptors (Lipinski definition) is 4. The molecule has 2 aromatic carbocycles. The van der Waals surface area contributed by atoms with E-state index in [2.05, 4.69) is 52.7 Å². The van der Waals surface area contributed by atoms with Gasteiger partial charge in [-0.15, -0.1) is 0 Å². The molecule has 0 spiro atoms. The maximum atomic E-state index is 5.01. The Hall–Kier alpha value is -1.17. The Morgan fingerprint density at radius 1 is 1.17 bits per heavy atom. The number of aromatic amines is 1. The number of nitrogens with one attached hydrogen (secondary N) is 1. The van der Waals surface area contributed by atoms with Crippen LogP contribution in [0.2, 0.25) is 0 Å². The van der Waals surface area contributed by atoms with Crippen molar-refractivity contribution >= 4 is 46.1 Å².